The molecule has 0 bridgehead atoms. The van der Waals surface area contributed by atoms with E-state index >= 15 is 0 Å². The van der Waals surface area contributed by atoms with Crippen molar-refractivity contribution in [3.63, 3.8) is 0 Å². The average molecular weight is 360 g/mol. The summed E-state index contributed by atoms with van der Waals surface area (Å²) < 4.78 is 18.4. The second-order valence-corrected chi connectivity index (χ2v) is 7.16. The number of rotatable bonds is 6. The molecule has 0 aliphatic carbocycles. The quantitative estimate of drug-likeness (QED) is 0.855. The van der Waals surface area contributed by atoms with Crippen molar-refractivity contribution in [3.8, 4) is 0 Å². The number of hydrogen-bond acceptors (Lipinski definition) is 5. The Morgan fingerprint density at radius 3 is 2.73 bits per heavy atom. The molecule has 0 spiro atoms. The summed E-state index contributed by atoms with van der Waals surface area (Å²) in [6.45, 7) is 3.55. The van der Waals surface area contributed by atoms with Gasteiger partial charge < -0.3 is 14.5 Å². The Morgan fingerprint density at radius 2 is 2.08 bits per heavy atom. The molecule has 138 valence electrons. The van der Waals surface area contributed by atoms with Crippen LogP contribution < -0.4 is 4.90 Å². The molecule has 6 nitrogen and oxygen atoms in total. The standard InChI is InChI=1S/C19H21FN2O4/c1-19(2,11-23)17-10-14(26-21-17)9-16(24)15-7-8-18(25)22(15)13-5-3-12(20)4-6-13/h3-6,10,15,23H,7-9,11H2,1-2H3/t15-/m0/s1. The van der Waals surface area contributed by atoms with Crippen LogP contribution in [-0.4, -0.2) is 34.6 Å². The fourth-order valence-corrected chi connectivity index (χ4v) is 3.00. The topological polar surface area (TPSA) is 83.6 Å². The Kier molecular flexibility index (Phi) is 4.91. The highest BCUT2D eigenvalue weighted by atomic mass is 19.1. The van der Waals surface area contributed by atoms with E-state index in [0.717, 1.165) is 0 Å². The van der Waals surface area contributed by atoms with Crippen LogP contribution >= 0.6 is 0 Å². The zero-order valence-corrected chi connectivity index (χ0v) is 14.7. The molecule has 1 saturated heterocycles. The maximum Gasteiger partial charge on any atom is 0.227 e. The third kappa shape index (κ3) is 3.53. The number of Topliss-reactive ketones (excluding diaryl/α,β-unsaturated/α-hetero) is 1. The molecule has 2 heterocycles. The Hall–Kier alpha value is -2.54. The fourth-order valence-electron chi connectivity index (χ4n) is 3.00. The predicted octanol–water partition coefficient (Wildman–Crippen LogP) is 2.39. The molecule has 26 heavy (non-hydrogen) atoms. The van der Waals surface area contributed by atoms with Crippen LogP contribution in [0.25, 0.3) is 0 Å². The van der Waals surface area contributed by atoms with Gasteiger partial charge in [-0.2, -0.15) is 0 Å². The zero-order valence-electron chi connectivity index (χ0n) is 14.7. The third-order valence-electron chi connectivity index (χ3n) is 4.68. The Balaban J connectivity index is 1.76. The van der Waals surface area contributed by atoms with E-state index in [1.807, 2.05) is 13.8 Å². The molecule has 1 N–H and O–H groups in total. The van der Waals surface area contributed by atoms with Crippen LogP contribution in [0.2, 0.25) is 0 Å². The molecule has 0 radical (unpaired) electrons. The Labute approximate surface area is 150 Å². The van der Waals surface area contributed by atoms with Crippen LogP contribution in [0, 0.1) is 5.82 Å². The summed E-state index contributed by atoms with van der Waals surface area (Å²) in [5.41, 5.74) is 0.515. The van der Waals surface area contributed by atoms with Gasteiger partial charge >= 0.3 is 0 Å². The van der Waals surface area contributed by atoms with E-state index in [2.05, 4.69) is 5.16 Å². The Morgan fingerprint density at radius 1 is 1.38 bits per heavy atom. The molecule has 1 amide bonds. The SMILES string of the molecule is CC(C)(CO)c1cc(CC(=O)[C@@H]2CCC(=O)N2c2ccc(F)cc2)on1. The highest BCUT2D eigenvalue weighted by Crippen LogP contribution is 2.29. The predicted molar refractivity (Wildman–Crippen MR) is 92.2 cm³/mol. The van der Waals surface area contributed by atoms with Gasteiger partial charge in [-0.3, -0.25) is 9.59 Å². The summed E-state index contributed by atoms with van der Waals surface area (Å²) in [6.07, 6.45) is 0.690. The molecule has 1 fully saturated rings. The van der Waals surface area contributed by atoms with E-state index in [4.69, 9.17) is 4.52 Å². The summed E-state index contributed by atoms with van der Waals surface area (Å²) in [5.74, 6) is -0.326. The molecule has 1 aromatic carbocycles. The maximum atomic E-state index is 13.1. The molecule has 0 unspecified atom stereocenters. The zero-order chi connectivity index (χ0) is 18.9. The van der Waals surface area contributed by atoms with Crippen molar-refractivity contribution in [2.75, 3.05) is 11.5 Å². The summed E-state index contributed by atoms with van der Waals surface area (Å²) >= 11 is 0. The Bertz CT molecular complexity index is 813. The number of carbonyl (C=O) groups excluding carboxylic acids is 2. The summed E-state index contributed by atoms with van der Waals surface area (Å²) in [5, 5.41) is 13.3. The molecule has 7 heteroatoms. The molecule has 0 saturated carbocycles. The van der Waals surface area contributed by atoms with Crippen LogP contribution in [0.5, 0.6) is 0 Å². The lowest BCUT2D eigenvalue weighted by Gasteiger charge is -2.23. The number of carbonyl (C=O) groups is 2. The van der Waals surface area contributed by atoms with Gasteiger partial charge in [0.1, 0.15) is 11.6 Å². The summed E-state index contributed by atoms with van der Waals surface area (Å²) in [7, 11) is 0. The van der Waals surface area contributed by atoms with E-state index in [1.165, 1.54) is 29.2 Å². The number of hydrogen-bond donors (Lipinski definition) is 1. The lowest BCUT2D eigenvalue weighted by molar-refractivity contribution is -0.122. The van der Waals surface area contributed by atoms with Crippen LogP contribution in [-0.2, 0) is 21.4 Å². The largest absolute Gasteiger partial charge is 0.395 e. The van der Waals surface area contributed by atoms with Gasteiger partial charge in [0.25, 0.3) is 0 Å². The van der Waals surface area contributed by atoms with Crippen LogP contribution in [0.1, 0.15) is 38.1 Å². The van der Waals surface area contributed by atoms with Gasteiger partial charge in [-0.05, 0) is 30.7 Å². The number of halogens is 1. The fraction of sp³-hybridized carbons (Fsp3) is 0.421. The van der Waals surface area contributed by atoms with Crippen LogP contribution in [0.15, 0.2) is 34.9 Å². The van der Waals surface area contributed by atoms with E-state index in [0.29, 0.717) is 23.6 Å². The number of ketones is 1. The van der Waals surface area contributed by atoms with Crippen LogP contribution in [0.4, 0.5) is 10.1 Å². The van der Waals surface area contributed by atoms with Crippen molar-refractivity contribution < 1.29 is 23.6 Å². The van der Waals surface area contributed by atoms with Gasteiger partial charge in [0.2, 0.25) is 5.91 Å². The highest BCUT2D eigenvalue weighted by molar-refractivity contribution is 6.04. The van der Waals surface area contributed by atoms with Gasteiger partial charge in [0.15, 0.2) is 5.78 Å². The monoisotopic (exact) mass is 360 g/mol. The number of aliphatic hydroxyl groups is 1. The molecule has 2 aromatic rings. The van der Waals surface area contributed by atoms with E-state index < -0.39 is 17.3 Å². The second-order valence-electron chi connectivity index (χ2n) is 7.16. The number of aromatic nitrogens is 1. The first-order chi connectivity index (χ1) is 12.3. The number of amides is 1. The van der Waals surface area contributed by atoms with Crippen molar-refractivity contribution in [3.05, 3.63) is 47.6 Å². The molecule has 1 aliphatic rings. The molecule has 1 aliphatic heterocycles. The van der Waals surface area contributed by atoms with E-state index in [1.54, 1.807) is 6.07 Å². The minimum Gasteiger partial charge on any atom is -0.395 e. The van der Waals surface area contributed by atoms with Gasteiger partial charge in [-0.1, -0.05) is 19.0 Å². The highest BCUT2D eigenvalue weighted by Gasteiger charge is 2.37. The first-order valence-electron chi connectivity index (χ1n) is 8.49. The lowest BCUT2D eigenvalue weighted by atomic mass is 9.90. The normalized spacial score (nSPS) is 17.8. The lowest BCUT2D eigenvalue weighted by Crippen LogP contribution is -2.39. The molecular formula is C19H21FN2O4. The van der Waals surface area contributed by atoms with Gasteiger partial charge in [0, 0.05) is 23.6 Å². The maximum absolute atomic E-state index is 13.1. The first-order valence-corrected chi connectivity index (χ1v) is 8.49. The number of anilines is 1. The number of benzene rings is 1. The minimum absolute atomic E-state index is 0.00412. The third-order valence-corrected chi connectivity index (χ3v) is 4.68. The summed E-state index contributed by atoms with van der Waals surface area (Å²) in [4.78, 5) is 26.4. The molecule has 1 aromatic heterocycles. The van der Waals surface area contributed by atoms with Crippen molar-refractivity contribution in [2.45, 2.75) is 44.6 Å². The number of nitrogens with zero attached hydrogens (tertiary/aromatic N) is 2. The second kappa shape index (κ2) is 6.99. The van der Waals surface area contributed by atoms with Gasteiger partial charge in [-0.15, -0.1) is 0 Å². The van der Waals surface area contributed by atoms with Gasteiger partial charge in [-0.25, -0.2) is 4.39 Å². The van der Waals surface area contributed by atoms with E-state index in [-0.39, 0.29) is 31.1 Å². The molecule has 3 rings (SSSR count). The van der Waals surface area contributed by atoms with E-state index in [9.17, 15) is 19.1 Å². The van der Waals surface area contributed by atoms with Crippen molar-refractivity contribution in [1.82, 2.24) is 5.16 Å². The average Bonchev–Trinajstić information content (AvgIpc) is 3.23. The van der Waals surface area contributed by atoms with Crippen molar-refractivity contribution in [1.29, 1.82) is 0 Å². The molecule has 1 atom stereocenters. The first kappa shape index (κ1) is 18.3. The van der Waals surface area contributed by atoms with Crippen molar-refractivity contribution >= 4 is 17.4 Å². The summed E-state index contributed by atoms with van der Waals surface area (Å²) in [6, 6.07) is 6.58. The minimum atomic E-state index is -0.604. The number of aliphatic hydroxyl groups excluding tert-OH is 1. The smallest absolute Gasteiger partial charge is 0.227 e. The van der Waals surface area contributed by atoms with Gasteiger partial charge in [0.05, 0.1) is 24.8 Å². The van der Waals surface area contributed by atoms with Crippen LogP contribution in [0.3, 0.4) is 0 Å². The molecular weight excluding hydrogens is 339 g/mol. The van der Waals surface area contributed by atoms with Crippen molar-refractivity contribution in [2.24, 2.45) is 0 Å².